The van der Waals surface area contributed by atoms with Crippen molar-refractivity contribution in [3.8, 4) is 129 Å². The lowest BCUT2D eigenvalue weighted by Gasteiger charge is -2.29. The second-order valence-corrected chi connectivity index (χ2v) is 49.9. The van der Waals surface area contributed by atoms with Crippen LogP contribution in [0.4, 0.5) is 0 Å². The predicted molar refractivity (Wildman–Crippen MR) is 652 cm³/mol. The second-order valence-electron chi connectivity index (χ2n) is 42.9. The minimum atomic E-state index is 1.16. The molecule has 0 amide bonds. The first-order valence-electron chi connectivity index (χ1n) is 59.7. The van der Waals surface area contributed by atoms with Crippen molar-refractivity contribution >= 4 is 68.0 Å². The normalized spacial score (nSPS) is 11.7. The molecule has 0 saturated carbocycles. The van der Waals surface area contributed by atoms with Crippen LogP contribution in [0, 0.1) is 0 Å². The summed E-state index contributed by atoms with van der Waals surface area (Å²) in [6.45, 7) is 14.0. The molecule has 774 valence electrons. The van der Waals surface area contributed by atoms with E-state index >= 15 is 0 Å². The molecule has 0 aliphatic rings. The molecule has 0 nitrogen and oxygen atoms in total. The minimum absolute atomic E-state index is 1.16. The van der Waals surface area contributed by atoms with Gasteiger partial charge in [0.2, 0.25) is 0 Å². The van der Waals surface area contributed by atoms with E-state index in [1.807, 2.05) is 68.0 Å². The van der Waals surface area contributed by atoms with Crippen molar-refractivity contribution in [2.24, 2.45) is 0 Å². The van der Waals surface area contributed by atoms with Crippen LogP contribution in [0.15, 0.2) is 218 Å². The van der Waals surface area contributed by atoms with Gasteiger partial charge >= 0.3 is 0 Å². The van der Waals surface area contributed by atoms with Gasteiger partial charge in [-0.25, -0.2) is 0 Å². The van der Waals surface area contributed by atoms with Crippen molar-refractivity contribution in [1.29, 1.82) is 0 Å². The molecule has 6 heteroatoms. The molecule has 0 N–H and O–H groups in total. The highest BCUT2D eigenvalue weighted by Crippen LogP contribution is 2.58. The van der Waals surface area contributed by atoms with Crippen LogP contribution in [0.2, 0.25) is 0 Å². The van der Waals surface area contributed by atoms with Crippen LogP contribution >= 0.6 is 68.0 Å². The minimum Gasteiger partial charge on any atom is -0.140 e. The topological polar surface area (TPSA) is 0 Å². The van der Waals surface area contributed by atoms with Crippen molar-refractivity contribution in [2.45, 2.75) is 465 Å². The molecule has 7 aromatic carbocycles. The maximum absolute atomic E-state index is 2.53. The van der Waals surface area contributed by atoms with Gasteiger partial charge < -0.3 is 0 Å². The van der Waals surface area contributed by atoms with E-state index in [4.69, 9.17) is 0 Å². The molecule has 0 atom stereocenters. The summed E-state index contributed by atoms with van der Waals surface area (Å²) in [5.74, 6) is 0. The molecule has 13 rings (SSSR count). The third-order valence-electron chi connectivity index (χ3n) is 30.9. The molecular weight excluding hydrogens is 1850 g/mol. The molecule has 0 unspecified atom stereocenters. The van der Waals surface area contributed by atoms with Gasteiger partial charge in [-0.05, 0) is 250 Å². The lowest BCUT2D eigenvalue weighted by Crippen LogP contribution is -2.02. The summed E-state index contributed by atoms with van der Waals surface area (Å²) >= 11 is 12.1. The van der Waals surface area contributed by atoms with E-state index in [1.54, 1.807) is 0 Å². The molecular formula is C138H186S6. The largest absolute Gasteiger partial charge is 0.140 e. The average Bonchev–Trinajstić information content (AvgIpc) is 0.791. The van der Waals surface area contributed by atoms with Gasteiger partial charge in [0.05, 0.1) is 0 Å². The first-order chi connectivity index (χ1) is 71.3. The van der Waals surface area contributed by atoms with Crippen molar-refractivity contribution in [1.82, 2.24) is 0 Å². The maximum Gasteiger partial charge on any atom is 0.0345 e. The van der Waals surface area contributed by atoms with Crippen LogP contribution in [0.5, 0.6) is 0 Å². The Bertz CT molecular complexity index is 4640. The standard InChI is InChI=1S/C138H186S6/c1-7-13-19-25-31-37-43-49-55-61-67-121-97-103-127(139-121)109-73-85-115(86-74-109)133-134(116-87-75-110(76-88-116)128-104-98-122(140-128)68-62-56-50-44-38-32-26-20-14-8-2)136(118-91-79-112(80-92-118)130-106-100-124(142-130)70-64-58-52-46-40-34-28-22-16-10-4)138(120-95-83-114(84-96-120)132-108-102-126(144-132)72-66-60-54-48-42-36-30-24-18-12-6)137(119-93-81-113(82-94-119)131-107-101-125(143-131)71-65-59-53-47-41-35-29-23-17-11-5)135(133)117-89-77-111(78-90-117)129-105-99-123(141-129)69-63-57-51-45-39-33-27-21-15-9-3/h73-108H,7-72H2,1-6H3. The molecule has 6 aromatic heterocycles. The quantitative estimate of drug-likeness (QED) is 0.0333. The lowest BCUT2D eigenvalue weighted by molar-refractivity contribution is 0.557. The van der Waals surface area contributed by atoms with Crippen molar-refractivity contribution in [3.05, 3.63) is 248 Å². The zero-order valence-corrected chi connectivity index (χ0v) is 95.8. The highest BCUT2D eigenvalue weighted by atomic mass is 32.1. The van der Waals surface area contributed by atoms with Gasteiger partial charge in [0.1, 0.15) is 0 Å². The van der Waals surface area contributed by atoms with E-state index < -0.39 is 0 Å². The summed E-state index contributed by atoms with van der Waals surface area (Å²) in [5, 5.41) is 0. The Labute approximate surface area is 902 Å². The molecule has 0 radical (unpaired) electrons. The van der Waals surface area contributed by atoms with Crippen LogP contribution in [-0.2, 0) is 38.5 Å². The molecule has 0 aliphatic heterocycles. The highest BCUT2D eigenvalue weighted by molar-refractivity contribution is 7.17. The lowest BCUT2D eigenvalue weighted by atomic mass is 9.74. The van der Waals surface area contributed by atoms with Crippen LogP contribution in [0.3, 0.4) is 0 Å². The number of hydrogen-bond acceptors (Lipinski definition) is 6. The Morgan fingerprint density at radius 1 is 0.104 bits per heavy atom. The zero-order valence-electron chi connectivity index (χ0n) is 90.9. The fourth-order valence-electron chi connectivity index (χ4n) is 22.0. The van der Waals surface area contributed by atoms with Gasteiger partial charge in [-0.3, -0.25) is 0 Å². The molecule has 144 heavy (non-hydrogen) atoms. The first kappa shape index (κ1) is 114. The fourth-order valence-corrected chi connectivity index (χ4v) is 28.3. The number of hydrogen-bond donors (Lipinski definition) is 0. The molecule has 0 saturated heterocycles. The maximum atomic E-state index is 2.53. The molecule has 0 bridgehead atoms. The Hall–Kier alpha value is -7.26. The summed E-state index contributed by atoms with van der Waals surface area (Å²) in [7, 11) is 0. The van der Waals surface area contributed by atoms with Crippen molar-refractivity contribution in [3.63, 3.8) is 0 Å². The van der Waals surface area contributed by atoms with Gasteiger partial charge in [-0.2, -0.15) is 0 Å². The van der Waals surface area contributed by atoms with Crippen LogP contribution in [0.1, 0.15) is 456 Å². The van der Waals surface area contributed by atoms with Gasteiger partial charge in [0.25, 0.3) is 0 Å². The van der Waals surface area contributed by atoms with Gasteiger partial charge in [0.15, 0.2) is 0 Å². The average molecular weight is 2040 g/mol. The molecule has 0 aliphatic carbocycles. The Kier molecular flexibility index (Phi) is 53.6. The third-order valence-corrected chi connectivity index (χ3v) is 38.0. The molecule has 0 spiro atoms. The predicted octanol–water partition coefficient (Wildman–Crippen LogP) is 48.8. The van der Waals surface area contributed by atoms with Gasteiger partial charge in [0, 0.05) is 58.5 Å². The summed E-state index contributed by atoms with van der Waals surface area (Å²) in [6.07, 6.45) is 88.5. The summed E-state index contributed by atoms with van der Waals surface area (Å²) in [4.78, 5) is 17.2. The second kappa shape index (κ2) is 67.7. The molecule has 6 heterocycles. The van der Waals surface area contributed by atoms with E-state index in [-0.39, 0.29) is 0 Å². The Morgan fingerprint density at radius 2 is 0.201 bits per heavy atom. The number of benzene rings is 7. The first-order valence-corrected chi connectivity index (χ1v) is 64.6. The molecule has 13 aromatic rings. The van der Waals surface area contributed by atoms with E-state index in [0.717, 1.165) is 38.5 Å². The van der Waals surface area contributed by atoms with Gasteiger partial charge in [-0.1, -0.05) is 534 Å². The summed E-state index contributed by atoms with van der Waals surface area (Å²) < 4.78 is 0. The zero-order chi connectivity index (χ0) is 99.7. The van der Waals surface area contributed by atoms with E-state index in [0.29, 0.717) is 0 Å². The SMILES string of the molecule is CCCCCCCCCCCCc1ccc(-c2ccc(-c3c(-c4ccc(-c5ccc(CCCCCCCCCCCC)s5)cc4)c(-c4ccc(-c5ccc(CCCCCCCCCCCC)s5)cc4)c(-c4ccc(-c5ccc(CCCCCCCCCCCC)s5)cc4)c(-c4ccc(-c5ccc(CCCCCCCCCCCC)s5)cc4)c3-c3ccc(-c4ccc(CCCCCCCCCCCC)s4)cc3)cc2)s1. The number of rotatable bonds is 78. The van der Waals surface area contributed by atoms with E-state index in [2.05, 4.69) is 260 Å². The smallest absolute Gasteiger partial charge is 0.0345 e. The highest BCUT2D eigenvalue weighted by Gasteiger charge is 2.31. The Balaban J connectivity index is 0.955. The van der Waals surface area contributed by atoms with Gasteiger partial charge in [-0.15, -0.1) is 68.0 Å². The number of aryl methyl sites for hydroxylation is 6. The summed E-state index contributed by atoms with van der Waals surface area (Å²) in [5.41, 5.74) is 22.8. The number of unbranched alkanes of at least 4 members (excludes halogenated alkanes) is 54. The van der Waals surface area contributed by atoms with Crippen LogP contribution in [0.25, 0.3) is 129 Å². The number of thiophene rings is 6. The van der Waals surface area contributed by atoms with Crippen molar-refractivity contribution < 1.29 is 0 Å². The fraction of sp³-hybridized carbons (Fsp3) is 0.522. The third kappa shape index (κ3) is 38.3. The molecule has 0 fully saturated rings. The monoisotopic (exact) mass is 2040 g/mol. The van der Waals surface area contributed by atoms with E-state index in [9.17, 15) is 0 Å². The Morgan fingerprint density at radius 3 is 0.312 bits per heavy atom. The van der Waals surface area contributed by atoms with E-state index in [1.165, 1.54) is 544 Å². The van der Waals surface area contributed by atoms with Crippen LogP contribution < -0.4 is 0 Å². The van der Waals surface area contributed by atoms with Crippen LogP contribution in [-0.4, -0.2) is 0 Å². The van der Waals surface area contributed by atoms with Crippen molar-refractivity contribution in [2.75, 3.05) is 0 Å². The summed E-state index contributed by atoms with van der Waals surface area (Å²) in [6, 6.07) is 89.4.